The molecular weight excluding hydrogens is 96.0 g/mol. The van der Waals surface area contributed by atoms with Crippen LogP contribution in [-0.2, 0) is 9.78 Å². The van der Waals surface area contributed by atoms with E-state index in [-0.39, 0.29) is 5.48 Å². The van der Waals surface area contributed by atoms with Gasteiger partial charge >= 0.3 is 0 Å². The molecule has 0 unspecified atom stereocenters. The van der Waals surface area contributed by atoms with Crippen molar-refractivity contribution in [1.82, 2.24) is 0 Å². The van der Waals surface area contributed by atoms with E-state index in [4.69, 9.17) is 0 Å². The van der Waals surface area contributed by atoms with Gasteiger partial charge in [0, 0.05) is 0 Å². The lowest BCUT2D eigenvalue weighted by Crippen LogP contribution is -1.94. The third kappa shape index (κ3) is 2.19. The van der Waals surface area contributed by atoms with Crippen LogP contribution in [0.5, 0.6) is 0 Å². The van der Waals surface area contributed by atoms with Crippen LogP contribution in [-0.4, -0.2) is 12.1 Å². The standard InChI is InChI=1S/C4H6O2.H2O/c1-2-4-6-5-3-1;/h1,3H,2,4H2;1H2. The Kier molecular flexibility index (Phi) is 3.36. The van der Waals surface area contributed by atoms with Crippen LogP contribution in [0.25, 0.3) is 0 Å². The molecule has 1 heterocycles. The van der Waals surface area contributed by atoms with Crippen molar-refractivity contribution in [3.63, 3.8) is 0 Å². The van der Waals surface area contributed by atoms with E-state index in [9.17, 15) is 0 Å². The van der Waals surface area contributed by atoms with Gasteiger partial charge in [-0.1, -0.05) is 0 Å². The summed E-state index contributed by atoms with van der Waals surface area (Å²) in [5.74, 6) is 0. The van der Waals surface area contributed by atoms with E-state index in [2.05, 4.69) is 9.78 Å². The van der Waals surface area contributed by atoms with Crippen molar-refractivity contribution in [2.75, 3.05) is 6.61 Å². The molecule has 2 N–H and O–H groups in total. The van der Waals surface area contributed by atoms with Gasteiger partial charge in [0.05, 0.1) is 6.61 Å². The fourth-order valence-corrected chi connectivity index (χ4v) is 0.311. The number of hydrogen-bond donors (Lipinski definition) is 0. The van der Waals surface area contributed by atoms with Crippen molar-refractivity contribution in [3.05, 3.63) is 12.3 Å². The van der Waals surface area contributed by atoms with E-state index in [1.807, 2.05) is 6.08 Å². The van der Waals surface area contributed by atoms with Gasteiger partial charge in [0.15, 0.2) is 0 Å². The van der Waals surface area contributed by atoms with Crippen LogP contribution in [0.1, 0.15) is 6.42 Å². The first-order valence-electron chi connectivity index (χ1n) is 1.93. The Balaban J connectivity index is 0.000000360. The molecule has 0 saturated carbocycles. The summed E-state index contributed by atoms with van der Waals surface area (Å²) < 4.78 is 0. The highest BCUT2D eigenvalue weighted by atomic mass is 17.2. The van der Waals surface area contributed by atoms with Crippen LogP contribution in [0, 0.1) is 0 Å². The normalized spacial score (nSPS) is 17.1. The molecule has 0 radical (unpaired) electrons. The van der Waals surface area contributed by atoms with Gasteiger partial charge in [0.1, 0.15) is 6.26 Å². The van der Waals surface area contributed by atoms with Crippen molar-refractivity contribution >= 4 is 0 Å². The second-order valence-corrected chi connectivity index (χ2v) is 1.08. The molecule has 0 aromatic carbocycles. The van der Waals surface area contributed by atoms with E-state index in [1.54, 1.807) is 6.26 Å². The summed E-state index contributed by atoms with van der Waals surface area (Å²) in [6.07, 6.45) is 4.44. The highest BCUT2D eigenvalue weighted by Gasteiger charge is 1.87. The largest absolute Gasteiger partial charge is 0.412 e. The van der Waals surface area contributed by atoms with Crippen LogP contribution in [0.15, 0.2) is 12.3 Å². The highest BCUT2D eigenvalue weighted by Crippen LogP contribution is 1.93. The zero-order valence-corrected chi connectivity index (χ0v) is 3.89. The van der Waals surface area contributed by atoms with E-state index in [1.165, 1.54) is 0 Å². The molecule has 0 fully saturated rings. The van der Waals surface area contributed by atoms with Crippen LogP contribution >= 0.6 is 0 Å². The second-order valence-electron chi connectivity index (χ2n) is 1.08. The van der Waals surface area contributed by atoms with Crippen molar-refractivity contribution < 1.29 is 15.3 Å². The summed E-state index contributed by atoms with van der Waals surface area (Å²) in [6.45, 7) is 0.691. The van der Waals surface area contributed by atoms with Gasteiger partial charge < -0.3 is 10.4 Å². The van der Waals surface area contributed by atoms with Crippen LogP contribution in [0.3, 0.4) is 0 Å². The summed E-state index contributed by atoms with van der Waals surface area (Å²) in [5.41, 5.74) is 0. The van der Waals surface area contributed by atoms with Crippen LogP contribution in [0.2, 0.25) is 0 Å². The summed E-state index contributed by atoms with van der Waals surface area (Å²) in [6, 6.07) is 0. The van der Waals surface area contributed by atoms with Gasteiger partial charge in [-0.25, -0.2) is 0 Å². The molecule has 0 atom stereocenters. The van der Waals surface area contributed by atoms with E-state index < -0.39 is 0 Å². The molecule has 0 spiro atoms. The first-order valence-corrected chi connectivity index (χ1v) is 1.93. The predicted molar refractivity (Wildman–Crippen MR) is 24.4 cm³/mol. The molecule has 3 nitrogen and oxygen atoms in total. The van der Waals surface area contributed by atoms with Gasteiger partial charge in [-0.15, -0.1) is 0 Å². The van der Waals surface area contributed by atoms with Gasteiger partial charge in [-0.3, -0.25) is 0 Å². The summed E-state index contributed by atoms with van der Waals surface area (Å²) >= 11 is 0. The molecule has 0 amide bonds. The molecule has 3 heteroatoms. The lowest BCUT2D eigenvalue weighted by molar-refractivity contribution is -0.254. The predicted octanol–water partition coefficient (Wildman–Crippen LogP) is 0.0273. The minimum Gasteiger partial charge on any atom is -0.412 e. The second kappa shape index (κ2) is 3.64. The zero-order valence-electron chi connectivity index (χ0n) is 3.89. The molecule has 7 heavy (non-hydrogen) atoms. The highest BCUT2D eigenvalue weighted by molar-refractivity contribution is 4.73. The Morgan fingerprint density at radius 1 is 1.43 bits per heavy atom. The third-order valence-corrected chi connectivity index (χ3v) is 0.588. The smallest absolute Gasteiger partial charge is 0.125 e. The first-order chi connectivity index (χ1) is 3.00. The Labute approximate surface area is 41.8 Å². The molecule has 0 saturated heterocycles. The van der Waals surface area contributed by atoms with Gasteiger partial charge in [-0.05, 0) is 12.5 Å². The average Bonchev–Trinajstić information content (AvgIpc) is 1.72. The van der Waals surface area contributed by atoms with Gasteiger partial charge in [0.25, 0.3) is 0 Å². The Hall–Kier alpha value is -0.540. The molecule has 0 aliphatic carbocycles. The van der Waals surface area contributed by atoms with E-state index in [0.29, 0.717) is 6.61 Å². The maximum atomic E-state index is 4.48. The molecular formula is C4H8O3. The van der Waals surface area contributed by atoms with Crippen molar-refractivity contribution in [2.45, 2.75) is 6.42 Å². The SMILES string of the molecule is C1=COOCC1.O. The minimum absolute atomic E-state index is 0. The topological polar surface area (TPSA) is 50.0 Å². The molecule has 42 valence electrons. The summed E-state index contributed by atoms with van der Waals surface area (Å²) in [4.78, 5) is 8.87. The Bertz CT molecular complexity index is 52.0. The quantitative estimate of drug-likeness (QED) is 0.407. The lowest BCUT2D eigenvalue weighted by Gasteiger charge is -2.01. The number of rotatable bonds is 0. The van der Waals surface area contributed by atoms with Crippen molar-refractivity contribution in [2.24, 2.45) is 0 Å². The molecule has 0 aromatic rings. The van der Waals surface area contributed by atoms with Crippen molar-refractivity contribution in [3.8, 4) is 0 Å². The van der Waals surface area contributed by atoms with Crippen molar-refractivity contribution in [1.29, 1.82) is 0 Å². The van der Waals surface area contributed by atoms with Crippen LogP contribution < -0.4 is 0 Å². The number of hydrogen-bond acceptors (Lipinski definition) is 2. The average molecular weight is 104 g/mol. The third-order valence-electron chi connectivity index (χ3n) is 0.588. The fraction of sp³-hybridized carbons (Fsp3) is 0.500. The molecule has 1 rings (SSSR count). The monoisotopic (exact) mass is 104 g/mol. The maximum absolute atomic E-state index is 4.48. The molecule has 0 bridgehead atoms. The lowest BCUT2D eigenvalue weighted by atomic mass is 10.4. The van der Waals surface area contributed by atoms with Gasteiger partial charge in [0.2, 0.25) is 0 Å². The maximum Gasteiger partial charge on any atom is 0.125 e. The first kappa shape index (κ1) is 6.46. The Morgan fingerprint density at radius 3 is 2.43 bits per heavy atom. The fourth-order valence-electron chi connectivity index (χ4n) is 0.311. The molecule has 0 aromatic heterocycles. The van der Waals surface area contributed by atoms with Gasteiger partial charge in [-0.2, -0.15) is 4.89 Å². The Morgan fingerprint density at radius 2 is 2.29 bits per heavy atom. The summed E-state index contributed by atoms with van der Waals surface area (Å²) in [7, 11) is 0. The molecule has 1 aliphatic heterocycles. The molecule has 1 aliphatic rings. The van der Waals surface area contributed by atoms with E-state index >= 15 is 0 Å². The zero-order chi connectivity index (χ0) is 4.24. The minimum atomic E-state index is 0. The van der Waals surface area contributed by atoms with Crippen LogP contribution in [0.4, 0.5) is 0 Å². The van der Waals surface area contributed by atoms with E-state index in [0.717, 1.165) is 6.42 Å². The summed E-state index contributed by atoms with van der Waals surface area (Å²) in [5, 5.41) is 0.